The molecule has 0 atom stereocenters. The number of rotatable bonds is 4. The largest absolute Gasteiger partial charge is 0.369 e. The van der Waals surface area contributed by atoms with Crippen LogP contribution in [0.15, 0.2) is 40.6 Å². The van der Waals surface area contributed by atoms with Crippen LogP contribution in [-0.2, 0) is 16.4 Å². The Morgan fingerprint density at radius 2 is 1.75 bits per heavy atom. The van der Waals surface area contributed by atoms with Crippen LogP contribution in [0.2, 0.25) is 0 Å². The first-order chi connectivity index (χ1) is 11.5. The molecule has 7 heteroatoms. The van der Waals surface area contributed by atoms with Crippen LogP contribution in [0.4, 0.5) is 5.69 Å². The number of sulfonamides is 1. The first-order valence-corrected chi connectivity index (χ1v) is 10.1. The highest BCUT2D eigenvalue weighted by Crippen LogP contribution is 2.27. The van der Waals surface area contributed by atoms with E-state index in [1.165, 1.54) is 11.3 Å². The first kappa shape index (κ1) is 17.0. The lowest BCUT2D eigenvalue weighted by Crippen LogP contribution is -2.48. The zero-order valence-electron chi connectivity index (χ0n) is 13.5. The zero-order valence-corrected chi connectivity index (χ0v) is 15.1. The summed E-state index contributed by atoms with van der Waals surface area (Å²) < 4.78 is 27.5. The molecule has 0 spiro atoms. The molecule has 5 nitrogen and oxygen atoms in total. The van der Waals surface area contributed by atoms with Gasteiger partial charge in [0.2, 0.25) is 0 Å². The smallest absolute Gasteiger partial charge is 0.252 e. The Labute approximate surface area is 146 Å². The second-order valence-corrected chi connectivity index (χ2v) is 8.96. The molecule has 0 saturated carbocycles. The zero-order chi connectivity index (χ0) is 17.2. The van der Waals surface area contributed by atoms with E-state index in [2.05, 4.69) is 11.0 Å². The van der Waals surface area contributed by atoms with E-state index >= 15 is 0 Å². The van der Waals surface area contributed by atoms with E-state index in [1.807, 2.05) is 25.1 Å². The molecular weight excluding hydrogens is 342 g/mol. The molecule has 0 amide bonds. The summed E-state index contributed by atoms with van der Waals surface area (Å²) in [7, 11) is -3.39. The molecule has 1 saturated heterocycles. The van der Waals surface area contributed by atoms with Gasteiger partial charge in [0.1, 0.15) is 4.21 Å². The Bertz CT molecular complexity index is 843. The molecule has 2 heterocycles. The fourth-order valence-corrected chi connectivity index (χ4v) is 5.62. The van der Waals surface area contributed by atoms with Gasteiger partial charge in [-0.2, -0.15) is 9.57 Å². The minimum absolute atomic E-state index is 0.436. The Morgan fingerprint density at radius 1 is 1.08 bits per heavy atom. The van der Waals surface area contributed by atoms with Crippen molar-refractivity contribution in [3.63, 3.8) is 0 Å². The third-order valence-corrected chi connectivity index (χ3v) is 7.78. The molecule has 3 rings (SSSR count). The maximum absolute atomic E-state index is 12.7. The summed E-state index contributed by atoms with van der Waals surface area (Å²) in [6.45, 7) is 4.27. The molecule has 1 aliphatic rings. The fourth-order valence-electron chi connectivity index (χ4n) is 2.75. The van der Waals surface area contributed by atoms with E-state index in [9.17, 15) is 8.42 Å². The van der Waals surface area contributed by atoms with Crippen molar-refractivity contribution in [2.24, 2.45) is 0 Å². The van der Waals surface area contributed by atoms with E-state index in [1.54, 1.807) is 22.5 Å². The van der Waals surface area contributed by atoms with Crippen molar-refractivity contribution in [1.82, 2.24) is 4.31 Å². The molecule has 1 fully saturated rings. The van der Waals surface area contributed by atoms with Gasteiger partial charge in [-0.1, -0.05) is 6.92 Å². The van der Waals surface area contributed by atoms with Crippen molar-refractivity contribution in [3.05, 3.63) is 46.8 Å². The second-order valence-electron chi connectivity index (χ2n) is 5.62. The molecule has 1 aromatic carbocycles. The number of thiophene rings is 1. The third-order valence-electron chi connectivity index (χ3n) is 4.18. The fraction of sp³-hybridized carbons (Fsp3) is 0.353. The van der Waals surface area contributed by atoms with Gasteiger partial charge in [0.25, 0.3) is 10.0 Å². The third kappa shape index (κ3) is 3.31. The average molecular weight is 361 g/mol. The number of aryl methyl sites for hydroxylation is 1. The SMILES string of the molecule is CCc1ccc(S(=O)(=O)N2CCN(c3ccc(C#N)cc3)CC2)s1. The van der Waals surface area contributed by atoms with Gasteiger partial charge in [-0.3, -0.25) is 0 Å². The van der Waals surface area contributed by atoms with E-state index in [0.717, 1.165) is 17.0 Å². The highest BCUT2D eigenvalue weighted by Gasteiger charge is 2.29. The predicted octanol–water partition coefficient (Wildman–Crippen LogP) is 2.69. The number of nitrogens with zero attached hydrogens (tertiary/aromatic N) is 3. The quantitative estimate of drug-likeness (QED) is 0.840. The van der Waals surface area contributed by atoms with Gasteiger partial charge in [-0.05, 0) is 42.8 Å². The number of anilines is 1. The standard InChI is InChI=1S/C17H19N3O2S2/c1-2-16-7-8-17(23-16)24(21,22)20-11-9-19(10-12-20)15-5-3-14(13-18)4-6-15/h3-8H,2,9-12H2,1H3. The van der Waals surface area contributed by atoms with Gasteiger partial charge in [0.05, 0.1) is 11.6 Å². The molecule has 0 aliphatic carbocycles. The molecule has 2 aromatic rings. The maximum Gasteiger partial charge on any atom is 0.252 e. The summed E-state index contributed by atoms with van der Waals surface area (Å²) in [5.74, 6) is 0. The Morgan fingerprint density at radius 3 is 2.29 bits per heavy atom. The van der Waals surface area contributed by atoms with Crippen LogP contribution in [0.5, 0.6) is 0 Å². The summed E-state index contributed by atoms with van der Waals surface area (Å²) in [5.41, 5.74) is 1.65. The first-order valence-electron chi connectivity index (χ1n) is 7.88. The van der Waals surface area contributed by atoms with Crippen molar-refractivity contribution in [2.75, 3.05) is 31.1 Å². The van der Waals surface area contributed by atoms with Gasteiger partial charge in [-0.25, -0.2) is 8.42 Å². The van der Waals surface area contributed by atoms with Gasteiger partial charge < -0.3 is 4.90 Å². The van der Waals surface area contributed by atoms with Crippen molar-refractivity contribution in [2.45, 2.75) is 17.6 Å². The van der Waals surface area contributed by atoms with Gasteiger partial charge in [0.15, 0.2) is 0 Å². The van der Waals surface area contributed by atoms with E-state index in [-0.39, 0.29) is 0 Å². The van der Waals surface area contributed by atoms with Crippen LogP contribution >= 0.6 is 11.3 Å². The Hall–Kier alpha value is -1.88. The molecule has 24 heavy (non-hydrogen) atoms. The van der Waals surface area contributed by atoms with Crippen LogP contribution in [0.1, 0.15) is 17.4 Å². The summed E-state index contributed by atoms with van der Waals surface area (Å²) in [5, 5.41) is 8.85. The second kappa shape index (κ2) is 6.93. The highest BCUT2D eigenvalue weighted by molar-refractivity contribution is 7.91. The lowest BCUT2D eigenvalue weighted by molar-refractivity contribution is 0.386. The minimum Gasteiger partial charge on any atom is -0.369 e. The van der Waals surface area contributed by atoms with Crippen molar-refractivity contribution in [1.29, 1.82) is 5.26 Å². The Kier molecular flexibility index (Phi) is 4.90. The summed E-state index contributed by atoms with van der Waals surface area (Å²) >= 11 is 1.36. The van der Waals surface area contributed by atoms with Crippen molar-refractivity contribution >= 4 is 27.0 Å². The number of benzene rings is 1. The summed E-state index contributed by atoms with van der Waals surface area (Å²) in [6, 6.07) is 13.1. The van der Waals surface area contributed by atoms with Crippen LogP contribution in [0.3, 0.4) is 0 Å². The van der Waals surface area contributed by atoms with Gasteiger partial charge in [0, 0.05) is 36.7 Å². The lowest BCUT2D eigenvalue weighted by atomic mass is 10.2. The van der Waals surface area contributed by atoms with Crippen molar-refractivity contribution in [3.8, 4) is 6.07 Å². The average Bonchev–Trinajstić information content (AvgIpc) is 3.12. The highest BCUT2D eigenvalue weighted by atomic mass is 32.2. The number of hydrogen-bond donors (Lipinski definition) is 0. The van der Waals surface area contributed by atoms with Crippen LogP contribution in [0.25, 0.3) is 0 Å². The monoisotopic (exact) mass is 361 g/mol. The minimum atomic E-state index is -3.39. The molecule has 1 aromatic heterocycles. The molecule has 1 aliphatic heterocycles. The molecule has 126 valence electrons. The topological polar surface area (TPSA) is 64.4 Å². The van der Waals surface area contributed by atoms with Gasteiger partial charge in [-0.15, -0.1) is 11.3 Å². The number of hydrogen-bond acceptors (Lipinski definition) is 5. The maximum atomic E-state index is 12.7. The van der Waals surface area contributed by atoms with E-state index in [4.69, 9.17) is 5.26 Å². The van der Waals surface area contributed by atoms with Crippen LogP contribution < -0.4 is 4.90 Å². The van der Waals surface area contributed by atoms with Crippen molar-refractivity contribution < 1.29 is 8.42 Å². The van der Waals surface area contributed by atoms with Crippen LogP contribution in [0, 0.1) is 11.3 Å². The molecule has 0 unspecified atom stereocenters. The number of nitriles is 1. The Balaban J connectivity index is 1.68. The normalized spacial score (nSPS) is 16.1. The lowest BCUT2D eigenvalue weighted by Gasteiger charge is -2.35. The molecule has 0 radical (unpaired) electrons. The number of piperazine rings is 1. The molecule has 0 bridgehead atoms. The summed E-state index contributed by atoms with van der Waals surface area (Å²) in [6.07, 6.45) is 0.854. The predicted molar refractivity (Wildman–Crippen MR) is 95.8 cm³/mol. The molecular formula is C17H19N3O2S2. The summed E-state index contributed by atoms with van der Waals surface area (Å²) in [4.78, 5) is 3.24. The van der Waals surface area contributed by atoms with E-state index in [0.29, 0.717) is 36.0 Å². The molecule has 0 N–H and O–H groups in total. The van der Waals surface area contributed by atoms with Crippen LogP contribution in [-0.4, -0.2) is 38.9 Å². The van der Waals surface area contributed by atoms with E-state index < -0.39 is 10.0 Å². The van der Waals surface area contributed by atoms with Gasteiger partial charge >= 0.3 is 0 Å².